The van der Waals surface area contributed by atoms with Crippen LogP contribution in [0.15, 0.2) is 36.4 Å². The van der Waals surface area contributed by atoms with Gasteiger partial charge in [-0.15, -0.1) is 0 Å². The maximum absolute atomic E-state index is 12.7. The van der Waals surface area contributed by atoms with Crippen molar-refractivity contribution in [3.63, 3.8) is 0 Å². The van der Waals surface area contributed by atoms with Crippen molar-refractivity contribution in [1.29, 1.82) is 0 Å². The third-order valence-electron chi connectivity index (χ3n) is 5.34. The second-order valence-electron chi connectivity index (χ2n) is 7.39. The van der Waals surface area contributed by atoms with Gasteiger partial charge in [0, 0.05) is 17.7 Å². The highest BCUT2D eigenvalue weighted by atomic mass is 16.7. The number of rotatable bonds is 5. The number of hydrogen-bond donors (Lipinski definition) is 1. The first-order valence-corrected chi connectivity index (χ1v) is 9.56. The third kappa shape index (κ3) is 3.73. The molecule has 6 heteroatoms. The van der Waals surface area contributed by atoms with Crippen LogP contribution < -0.4 is 14.8 Å². The van der Waals surface area contributed by atoms with Crippen molar-refractivity contribution < 1.29 is 19.1 Å². The van der Waals surface area contributed by atoms with E-state index in [2.05, 4.69) is 41.4 Å². The number of carbonyl (C=O) groups excluding carboxylic acids is 2. The van der Waals surface area contributed by atoms with Crippen LogP contribution >= 0.6 is 0 Å². The normalized spacial score (nSPS) is 18.3. The lowest BCUT2D eigenvalue weighted by Gasteiger charge is -2.24. The van der Waals surface area contributed by atoms with Crippen LogP contribution in [0.3, 0.4) is 0 Å². The molecular formula is C22H24N2O4. The van der Waals surface area contributed by atoms with Crippen molar-refractivity contribution in [2.45, 2.75) is 32.7 Å². The molecule has 2 aromatic carbocycles. The molecule has 0 spiro atoms. The molecule has 1 unspecified atom stereocenters. The number of amides is 1. The number of anilines is 1. The number of ketones is 1. The number of carbonyl (C=O) groups is 2. The van der Waals surface area contributed by atoms with E-state index in [9.17, 15) is 9.59 Å². The van der Waals surface area contributed by atoms with E-state index in [4.69, 9.17) is 9.47 Å². The molecule has 2 aromatic rings. The van der Waals surface area contributed by atoms with E-state index in [0.717, 1.165) is 19.4 Å². The van der Waals surface area contributed by atoms with Crippen LogP contribution in [0.5, 0.6) is 11.5 Å². The lowest BCUT2D eigenvalue weighted by atomic mass is 10.0. The van der Waals surface area contributed by atoms with Crippen LogP contribution in [0.25, 0.3) is 0 Å². The van der Waals surface area contributed by atoms with Gasteiger partial charge in [-0.2, -0.15) is 0 Å². The van der Waals surface area contributed by atoms with Gasteiger partial charge in [-0.05, 0) is 44.9 Å². The molecule has 2 heterocycles. The zero-order valence-corrected chi connectivity index (χ0v) is 16.2. The number of aryl methyl sites for hydroxylation is 1. The van der Waals surface area contributed by atoms with Crippen molar-refractivity contribution in [2.24, 2.45) is 0 Å². The SMILES string of the molecule is CC(=O)c1cc2c(cc1NC(=O)CN1CCCC1c1ccc(C)cc1)OCO2. The minimum absolute atomic E-state index is 0.121. The Kier molecular flexibility index (Phi) is 5.05. The molecule has 0 aromatic heterocycles. The van der Waals surface area contributed by atoms with Gasteiger partial charge in [0.05, 0.1) is 12.2 Å². The summed E-state index contributed by atoms with van der Waals surface area (Å²) in [5.74, 6) is 0.800. The summed E-state index contributed by atoms with van der Waals surface area (Å²) >= 11 is 0. The first kappa shape index (κ1) is 18.5. The zero-order chi connectivity index (χ0) is 19.7. The predicted octanol–water partition coefficient (Wildman–Crippen LogP) is 3.70. The number of fused-ring (bicyclic) bond motifs is 1. The lowest BCUT2D eigenvalue weighted by Crippen LogP contribution is -2.33. The van der Waals surface area contributed by atoms with Crippen molar-refractivity contribution in [2.75, 3.05) is 25.2 Å². The molecule has 1 saturated heterocycles. The molecule has 1 fully saturated rings. The van der Waals surface area contributed by atoms with Crippen LogP contribution in [-0.2, 0) is 4.79 Å². The first-order valence-electron chi connectivity index (χ1n) is 9.56. The van der Waals surface area contributed by atoms with Crippen molar-refractivity contribution >= 4 is 17.4 Å². The fourth-order valence-electron chi connectivity index (χ4n) is 3.89. The Morgan fingerprint density at radius 3 is 2.57 bits per heavy atom. The van der Waals surface area contributed by atoms with Crippen LogP contribution in [0.2, 0.25) is 0 Å². The van der Waals surface area contributed by atoms with Gasteiger partial charge in [0.2, 0.25) is 12.7 Å². The summed E-state index contributed by atoms with van der Waals surface area (Å²) in [6.07, 6.45) is 2.10. The topological polar surface area (TPSA) is 67.9 Å². The number of ether oxygens (including phenoxy) is 2. The van der Waals surface area contributed by atoms with Gasteiger partial charge in [-0.3, -0.25) is 14.5 Å². The highest BCUT2D eigenvalue weighted by Crippen LogP contribution is 2.37. The fraction of sp³-hybridized carbons (Fsp3) is 0.364. The molecule has 0 aliphatic carbocycles. The van der Waals surface area contributed by atoms with Crippen molar-refractivity contribution in [3.8, 4) is 11.5 Å². The van der Waals surface area contributed by atoms with Gasteiger partial charge in [0.1, 0.15) is 0 Å². The smallest absolute Gasteiger partial charge is 0.238 e. The highest BCUT2D eigenvalue weighted by Gasteiger charge is 2.28. The Morgan fingerprint density at radius 2 is 1.86 bits per heavy atom. The number of nitrogens with zero attached hydrogens (tertiary/aromatic N) is 1. The maximum Gasteiger partial charge on any atom is 0.238 e. The molecule has 2 aliphatic rings. The molecule has 0 radical (unpaired) electrons. The highest BCUT2D eigenvalue weighted by molar-refractivity contribution is 6.05. The van der Waals surface area contributed by atoms with Crippen LogP contribution in [0.4, 0.5) is 5.69 Å². The average molecular weight is 380 g/mol. The molecule has 146 valence electrons. The monoisotopic (exact) mass is 380 g/mol. The van der Waals surface area contributed by atoms with Gasteiger partial charge in [-0.25, -0.2) is 0 Å². The van der Waals surface area contributed by atoms with Gasteiger partial charge in [-0.1, -0.05) is 29.8 Å². The Hall–Kier alpha value is -2.86. The summed E-state index contributed by atoms with van der Waals surface area (Å²) in [6, 6.07) is 12.0. The molecule has 1 atom stereocenters. The number of hydrogen-bond acceptors (Lipinski definition) is 5. The predicted molar refractivity (Wildman–Crippen MR) is 106 cm³/mol. The van der Waals surface area contributed by atoms with Gasteiger partial charge < -0.3 is 14.8 Å². The zero-order valence-electron chi connectivity index (χ0n) is 16.2. The first-order chi connectivity index (χ1) is 13.5. The molecule has 4 rings (SSSR count). The van der Waals surface area contributed by atoms with Gasteiger partial charge >= 0.3 is 0 Å². The third-order valence-corrected chi connectivity index (χ3v) is 5.34. The summed E-state index contributed by atoms with van der Waals surface area (Å²) in [5.41, 5.74) is 3.36. The Bertz CT molecular complexity index is 907. The average Bonchev–Trinajstić information content (AvgIpc) is 3.30. The summed E-state index contributed by atoms with van der Waals surface area (Å²) in [5, 5.41) is 2.89. The van der Waals surface area contributed by atoms with E-state index in [-0.39, 0.29) is 31.1 Å². The maximum atomic E-state index is 12.7. The molecule has 6 nitrogen and oxygen atoms in total. The van der Waals surface area contributed by atoms with E-state index in [0.29, 0.717) is 22.7 Å². The standard InChI is InChI=1S/C22H24N2O4/c1-14-5-7-16(8-6-14)19-4-3-9-24(19)12-22(26)23-18-11-21-20(27-13-28-21)10-17(18)15(2)25/h5-8,10-11,19H,3-4,9,12-13H2,1-2H3,(H,23,26). The van der Waals surface area contributed by atoms with Crippen molar-refractivity contribution in [3.05, 3.63) is 53.1 Å². The summed E-state index contributed by atoms with van der Waals surface area (Å²) in [6.45, 7) is 4.83. The Labute approximate surface area is 164 Å². The largest absolute Gasteiger partial charge is 0.454 e. The van der Waals surface area contributed by atoms with Crippen LogP contribution in [-0.4, -0.2) is 36.5 Å². The quantitative estimate of drug-likeness (QED) is 0.801. The number of nitrogens with one attached hydrogen (secondary N) is 1. The minimum atomic E-state index is -0.139. The Balaban J connectivity index is 1.48. The number of Topliss-reactive ketones (excluding diaryl/α,β-unsaturated/α-hetero) is 1. The second-order valence-corrected chi connectivity index (χ2v) is 7.39. The number of likely N-dealkylation sites (tertiary alicyclic amines) is 1. The molecular weight excluding hydrogens is 356 g/mol. The van der Waals surface area contributed by atoms with E-state index in [1.165, 1.54) is 18.1 Å². The van der Waals surface area contributed by atoms with Crippen LogP contribution in [0, 0.1) is 6.92 Å². The number of benzene rings is 2. The molecule has 1 amide bonds. The molecule has 0 bridgehead atoms. The van der Waals surface area contributed by atoms with E-state index < -0.39 is 0 Å². The van der Waals surface area contributed by atoms with Crippen molar-refractivity contribution in [1.82, 2.24) is 4.90 Å². The Morgan fingerprint density at radius 1 is 1.14 bits per heavy atom. The second kappa shape index (κ2) is 7.64. The van der Waals surface area contributed by atoms with E-state index in [1.54, 1.807) is 12.1 Å². The van der Waals surface area contributed by atoms with E-state index >= 15 is 0 Å². The molecule has 1 N–H and O–H groups in total. The summed E-state index contributed by atoms with van der Waals surface area (Å²) in [7, 11) is 0. The molecule has 2 aliphatic heterocycles. The summed E-state index contributed by atoms with van der Waals surface area (Å²) in [4.78, 5) is 26.9. The molecule has 0 saturated carbocycles. The fourth-order valence-corrected chi connectivity index (χ4v) is 3.89. The van der Waals surface area contributed by atoms with Crippen LogP contribution in [0.1, 0.15) is 47.3 Å². The minimum Gasteiger partial charge on any atom is -0.454 e. The van der Waals surface area contributed by atoms with E-state index in [1.807, 2.05) is 0 Å². The lowest BCUT2D eigenvalue weighted by molar-refractivity contribution is -0.117. The van der Waals surface area contributed by atoms with Gasteiger partial charge in [0.25, 0.3) is 0 Å². The van der Waals surface area contributed by atoms with Gasteiger partial charge in [0.15, 0.2) is 17.3 Å². The molecule has 28 heavy (non-hydrogen) atoms. The summed E-state index contributed by atoms with van der Waals surface area (Å²) < 4.78 is 10.7.